The number of halogens is 1. The molecular formula is C13H19ClN2O. The summed E-state index contributed by atoms with van der Waals surface area (Å²) in [5.41, 5.74) is 1.70. The largest absolute Gasteiger partial charge is 0.335 e. The van der Waals surface area contributed by atoms with Gasteiger partial charge in [-0.2, -0.15) is 0 Å². The molecule has 94 valence electrons. The molecule has 0 aliphatic carbocycles. The number of anilines is 1. The van der Waals surface area contributed by atoms with E-state index in [-0.39, 0.29) is 12.1 Å². The van der Waals surface area contributed by atoms with E-state index in [1.807, 2.05) is 26.0 Å². The van der Waals surface area contributed by atoms with Crippen molar-refractivity contribution in [3.05, 3.63) is 28.8 Å². The Balaban J connectivity index is 2.62. The molecule has 1 aromatic rings. The summed E-state index contributed by atoms with van der Waals surface area (Å²) in [5.74, 6) is 0.397. The monoisotopic (exact) mass is 254 g/mol. The molecule has 0 saturated carbocycles. The van der Waals surface area contributed by atoms with Gasteiger partial charge in [-0.15, -0.1) is 0 Å². The van der Waals surface area contributed by atoms with Crippen molar-refractivity contribution in [2.24, 2.45) is 5.92 Å². The standard InChI is InChI=1S/C13H19ClN2O/c1-8(2)10(4)15-13(17)16-12-6-5-9(3)7-11(12)14/h5-8,10H,1-4H3,(H2,15,16,17). The van der Waals surface area contributed by atoms with Crippen LogP contribution in [0.4, 0.5) is 10.5 Å². The molecule has 0 aliphatic heterocycles. The third-order valence-corrected chi connectivity index (χ3v) is 3.04. The van der Waals surface area contributed by atoms with Gasteiger partial charge in [0.1, 0.15) is 0 Å². The lowest BCUT2D eigenvalue weighted by Crippen LogP contribution is -2.39. The Morgan fingerprint density at radius 2 is 1.94 bits per heavy atom. The number of benzene rings is 1. The fourth-order valence-corrected chi connectivity index (χ4v) is 1.54. The number of carbonyl (C=O) groups excluding carboxylic acids is 1. The Bertz CT molecular complexity index is 404. The van der Waals surface area contributed by atoms with E-state index >= 15 is 0 Å². The summed E-state index contributed by atoms with van der Waals surface area (Å²) in [4.78, 5) is 11.7. The van der Waals surface area contributed by atoms with Crippen LogP contribution in [0.1, 0.15) is 26.3 Å². The van der Waals surface area contributed by atoms with Crippen molar-refractivity contribution in [3.8, 4) is 0 Å². The molecule has 2 amide bonds. The summed E-state index contributed by atoms with van der Waals surface area (Å²) in [6.07, 6.45) is 0. The predicted octanol–water partition coefficient (Wildman–Crippen LogP) is 3.81. The first-order valence-corrected chi connectivity index (χ1v) is 6.11. The number of carbonyl (C=O) groups is 1. The molecule has 0 spiro atoms. The minimum Gasteiger partial charge on any atom is -0.335 e. The van der Waals surface area contributed by atoms with E-state index in [1.165, 1.54) is 0 Å². The van der Waals surface area contributed by atoms with Crippen molar-refractivity contribution in [1.82, 2.24) is 5.32 Å². The second-order valence-electron chi connectivity index (χ2n) is 4.61. The molecule has 0 bridgehead atoms. The molecule has 0 aromatic heterocycles. The number of amides is 2. The molecule has 0 saturated heterocycles. The number of hydrogen-bond acceptors (Lipinski definition) is 1. The van der Waals surface area contributed by atoms with Crippen molar-refractivity contribution >= 4 is 23.3 Å². The maximum absolute atomic E-state index is 11.7. The van der Waals surface area contributed by atoms with Gasteiger partial charge in [0.15, 0.2) is 0 Å². The highest BCUT2D eigenvalue weighted by Gasteiger charge is 2.11. The van der Waals surface area contributed by atoms with Crippen LogP contribution >= 0.6 is 11.6 Å². The first kappa shape index (κ1) is 13.8. The van der Waals surface area contributed by atoms with Crippen molar-refractivity contribution in [1.29, 1.82) is 0 Å². The van der Waals surface area contributed by atoms with Crippen molar-refractivity contribution in [2.45, 2.75) is 33.7 Å². The average molecular weight is 255 g/mol. The van der Waals surface area contributed by atoms with Crippen LogP contribution in [0.15, 0.2) is 18.2 Å². The Kier molecular flexibility index (Phi) is 4.82. The minimum atomic E-state index is -0.225. The molecule has 1 unspecified atom stereocenters. The van der Waals surface area contributed by atoms with Gasteiger partial charge in [-0.3, -0.25) is 0 Å². The average Bonchev–Trinajstić information content (AvgIpc) is 2.22. The van der Waals surface area contributed by atoms with Crippen LogP contribution < -0.4 is 10.6 Å². The van der Waals surface area contributed by atoms with Crippen LogP contribution in [0.25, 0.3) is 0 Å². The summed E-state index contributed by atoms with van der Waals surface area (Å²) in [7, 11) is 0. The number of nitrogens with one attached hydrogen (secondary N) is 2. The zero-order valence-corrected chi connectivity index (χ0v) is 11.4. The highest BCUT2D eigenvalue weighted by Crippen LogP contribution is 2.22. The highest BCUT2D eigenvalue weighted by molar-refractivity contribution is 6.33. The maximum Gasteiger partial charge on any atom is 0.319 e. The first-order chi connectivity index (χ1) is 7.90. The molecule has 17 heavy (non-hydrogen) atoms. The topological polar surface area (TPSA) is 41.1 Å². The van der Waals surface area contributed by atoms with Crippen LogP contribution in [0.2, 0.25) is 5.02 Å². The van der Waals surface area contributed by atoms with Crippen molar-refractivity contribution in [2.75, 3.05) is 5.32 Å². The van der Waals surface area contributed by atoms with Crippen LogP contribution in [0, 0.1) is 12.8 Å². The van der Waals surface area contributed by atoms with E-state index in [1.54, 1.807) is 6.07 Å². The second-order valence-corrected chi connectivity index (χ2v) is 5.02. The Morgan fingerprint density at radius 1 is 1.29 bits per heavy atom. The summed E-state index contributed by atoms with van der Waals surface area (Å²) in [6.45, 7) is 8.05. The van der Waals surface area contributed by atoms with Gasteiger partial charge >= 0.3 is 6.03 Å². The van der Waals surface area contributed by atoms with E-state index in [0.29, 0.717) is 16.6 Å². The zero-order chi connectivity index (χ0) is 13.0. The van der Waals surface area contributed by atoms with Crippen LogP contribution in [-0.2, 0) is 0 Å². The zero-order valence-electron chi connectivity index (χ0n) is 10.7. The molecule has 0 aliphatic rings. The summed E-state index contributed by atoms with van der Waals surface area (Å²) in [5, 5.41) is 6.16. The van der Waals surface area contributed by atoms with Gasteiger partial charge in [0.25, 0.3) is 0 Å². The third kappa shape index (κ3) is 4.27. The molecule has 0 fully saturated rings. The van der Waals surface area contributed by atoms with Crippen LogP contribution in [0.5, 0.6) is 0 Å². The molecule has 4 heteroatoms. The molecule has 0 heterocycles. The van der Waals surface area contributed by atoms with Gasteiger partial charge in [0.2, 0.25) is 0 Å². The van der Waals surface area contributed by atoms with Crippen molar-refractivity contribution < 1.29 is 4.79 Å². The van der Waals surface area contributed by atoms with E-state index in [9.17, 15) is 4.79 Å². The third-order valence-electron chi connectivity index (χ3n) is 2.73. The lowest BCUT2D eigenvalue weighted by Gasteiger charge is -2.18. The number of aryl methyl sites for hydroxylation is 1. The first-order valence-electron chi connectivity index (χ1n) is 5.74. The summed E-state index contributed by atoms with van der Waals surface area (Å²) >= 11 is 6.03. The van der Waals surface area contributed by atoms with E-state index in [4.69, 9.17) is 11.6 Å². The molecule has 1 aromatic carbocycles. The lowest BCUT2D eigenvalue weighted by atomic mass is 10.1. The van der Waals surface area contributed by atoms with Gasteiger partial charge in [-0.05, 0) is 37.5 Å². The van der Waals surface area contributed by atoms with Crippen LogP contribution in [0.3, 0.4) is 0 Å². The lowest BCUT2D eigenvalue weighted by molar-refractivity contribution is 0.246. The van der Waals surface area contributed by atoms with Gasteiger partial charge < -0.3 is 10.6 Å². The second kappa shape index (κ2) is 5.92. The summed E-state index contributed by atoms with van der Waals surface area (Å²) < 4.78 is 0. The van der Waals surface area contributed by atoms with Gasteiger partial charge in [0, 0.05) is 6.04 Å². The fourth-order valence-electron chi connectivity index (χ4n) is 1.25. The number of hydrogen-bond donors (Lipinski definition) is 2. The van der Waals surface area contributed by atoms with E-state index < -0.39 is 0 Å². The fraction of sp³-hybridized carbons (Fsp3) is 0.462. The highest BCUT2D eigenvalue weighted by atomic mass is 35.5. The predicted molar refractivity (Wildman–Crippen MR) is 72.6 cm³/mol. The quantitative estimate of drug-likeness (QED) is 0.846. The summed E-state index contributed by atoms with van der Waals surface area (Å²) in [6, 6.07) is 5.43. The molecule has 3 nitrogen and oxygen atoms in total. The van der Waals surface area contributed by atoms with Gasteiger partial charge in [-0.25, -0.2) is 4.79 Å². The van der Waals surface area contributed by atoms with Crippen molar-refractivity contribution in [3.63, 3.8) is 0 Å². The molecule has 0 radical (unpaired) electrons. The molecular weight excluding hydrogens is 236 g/mol. The molecule has 1 atom stereocenters. The van der Waals surface area contributed by atoms with Gasteiger partial charge in [0.05, 0.1) is 10.7 Å². The molecule has 1 rings (SSSR count). The number of urea groups is 1. The smallest absolute Gasteiger partial charge is 0.319 e. The molecule has 2 N–H and O–H groups in total. The van der Waals surface area contributed by atoms with Gasteiger partial charge in [-0.1, -0.05) is 31.5 Å². The minimum absolute atomic E-state index is 0.124. The Hall–Kier alpha value is -1.22. The SMILES string of the molecule is Cc1ccc(NC(=O)NC(C)C(C)C)c(Cl)c1. The maximum atomic E-state index is 11.7. The normalized spacial score (nSPS) is 12.4. The van der Waals surface area contributed by atoms with E-state index in [2.05, 4.69) is 24.5 Å². The van der Waals surface area contributed by atoms with E-state index in [0.717, 1.165) is 5.56 Å². The number of rotatable bonds is 3. The van der Waals surface area contributed by atoms with Crippen LogP contribution in [-0.4, -0.2) is 12.1 Å². The Morgan fingerprint density at radius 3 is 2.47 bits per heavy atom. The Labute approximate surface area is 108 Å².